The highest BCUT2D eigenvalue weighted by Gasteiger charge is 2.30. The standard InChI is InChI=1S/C23H29N3O4/c1-5-29-20-12-11-17(13-21(20)30-6-2)15(3)24-16(4)23(28)26-14-22(27)25-18-9-7-8-10-19(18)26/h7-13,15-16,24H,5-6,14H2,1-4H3,(H,25,27)/t15-,16-/m0/s1. The maximum Gasteiger partial charge on any atom is 0.244 e. The van der Waals surface area contributed by atoms with Gasteiger partial charge in [0.25, 0.3) is 0 Å². The maximum absolute atomic E-state index is 13.1. The zero-order valence-electron chi connectivity index (χ0n) is 17.9. The Bertz CT molecular complexity index is 915. The normalized spacial score (nSPS) is 15.1. The molecular formula is C23H29N3O4. The molecule has 0 aromatic heterocycles. The van der Waals surface area contributed by atoms with E-state index < -0.39 is 6.04 Å². The van der Waals surface area contributed by atoms with Crippen LogP contribution in [0.3, 0.4) is 0 Å². The lowest BCUT2D eigenvalue weighted by Gasteiger charge is -2.32. The Labute approximate surface area is 177 Å². The van der Waals surface area contributed by atoms with Crippen molar-refractivity contribution in [2.45, 2.75) is 39.8 Å². The molecule has 0 aliphatic carbocycles. The number of rotatable bonds is 8. The van der Waals surface area contributed by atoms with Gasteiger partial charge < -0.3 is 14.8 Å². The van der Waals surface area contributed by atoms with Crippen LogP contribution in [0.2, 0.25) is 0 Å². The summed E-state index contributed by atoms with van der Waals surface area (Å²) in [5.74, 6) is 1.04. The van der Waals surface area contributed by atoms with Gasteiger partial charge in [0.05, 0.1) is 30.6 Å². The van der Waals surface area contributed by atoms with Crippen LogP contribution < -0.4 is 25.0 Å². The van der Waals surface area contributed by atoms with E-state index in [1.165, 1.54) is 4.90 Å². The second-order valence-corrected chi connectivity index (χ2v) is 7.17. The summed E-state index contributed by atoms with van der Waals surface area (Å²) in [7, 11) is 0. The number of anilines is 2. The van der Waals surface area contributed by atoms with Crippen molar-refractivity contribution in [3.63, 3.8) is 0 Å². The summed E-state index contributed by atoms with van der Waals surface area (Å²) in [6.07, 6.45) is 0. The summed E-state index contributed by atoms with van der Waals surface area (Å²) >= 11 is 0. The van der Waals surface area contributed by atoms with Crippen LogP contribution in [-0.4, -0.2) is 37.6 Å². The topological polar surface area (TPSA) is 79.9 Å². The summed E-state index contributed by atoms with van der Waals surface area (Å²) in [5, 5.41) is 6.15. The molecule has 2 atom stereocenters. The third-order valence-electron chi connectivity index (χ3n) is 4.97. The number of hydrogen-bond acceptors (Lipinski definition) is 5. The van der Waals surface area contributed by atoms with Gasteiger partial charge in [-0.2, -0.15) is 0 Å². The molecule has 0 spiro atoms. The minimum Gasteiger partial charge on any atom is -0.490 e. The van der Waals surface area contributed by atoms with Crippen LogP contribution in [0.25, 0.3) is 0 Å². The second-order valence-electron chi connectivity index (χ2n) is 7.17. The number of hydrogen-bond donors (Lipinski definition) is 2. The van der Waals surface area contributed by atoms with Crippen LogP contribution in [0.1, 0.15) is 39.3 Å². The molecule has 30 heavy (non-hydrogen) atoms. The Balaban J connectivity index is 1.74. The first-order valence-electron chi connectivity index (χ1n) is 10.3. The van der Waals surface area contributed by atoms with Gasteiger partial charge in [-0.05, 0) is 57.5 Å². The molecule has 1 aliphatic heterocycles. The first kappa shape index (κ1) is 21.6. The van der Waals surface area contributed by atoms with E-state index in [1.54, 1.807) is 6.07 Å². The van der Waals surface area contributed by atoms with Crippen LogP contribution in [0.5, 0.6) is 11.5 Å². The van der Waals surface area contributed by atoms with Crippen LogP contribution in [0, 0.1) is 0 Å². The highest BCUT2D eigenvalue weighted by Crippen LogP contribution is 2.32. The molecule has 3 rings (SSSR count). The lowest BCUT2D eigenvalue weighted by molar-refractivity contribution is -0.123. The predicted octanol–water partition coefficient (Wildman–Crippen LogP) is 3.51. The lowest BCUT2D eigenvalue weighted by Crippen LogP contribution is -2.50. The summed E-state index contributed by atoms with van der Waals surface area (Å²) < 4.78 is 11.3. The number of nitrogens with one attached hydrogen (secondary N) is 2. The molecule has 2 aromatic carbocycles. The Hall–Kier alpha value is -3.06. The Kier molecular flexibility index (Phi) is 6.95. The highest BCUT2D eigenvalue weighted by atomic mass is 16.5. The minimum absolute atomic E-state index is 0.00773. The SMILES string of the molecule is CCOc1ccc([C@H](C)N[C@@H](C)C(=O)N2CC(=O)Nc3ccccc32)cc1OCC. The van der Waals surface area contributed by atoms with Crippen LogP contribution in [0.15, 0.2) is 42.5 Å². The summed E-state index contributed by atoms with van der Waals surface area (Å²) in [4.78, 5) is 26.7. The molecule has 1 heterocycles. The maximum atomic E-state index is 13.1. The third-order valence-corrected chi connectivity index (χ3v) is 4.97. The number of fused-ring (bicyclic) bond motifs is 1. The van der Waals surface area contributed by atoms with Gasteiger partial charge in [0.1, 0.15) is 6.54 Å². The van der Waals surface area contributed by atoms with Gasteiger partial charge >= 0.3 is 0 Å². The first-order valence-corrected chi connectivity index (χ1v) is 10.3. The molecule has 0 bridgehead atoms. The smallest absolute Gasteiger partial charge is 0.244 e. The van der Waals surface area contributed by atoms with Gasteiger partial charge in [-0.1, -0.05) is 18.2 Å². The number of ether oxygens (including phenoxy) is 2. The van der Waals surface area contributed by atoms with E-state index in [1.807, 2.05) is 64.1 Å². The molecule has 7 heteroatoms. The Morgan fingerprint density at radius 3 is 2.53 bits per heavy atom. The molecule has 1 aliphatic rings. The average Bonchev–Trinajstić information content (AvgIpc) is 2.74. The van der Waals surface area contributed by atoms with Crippen molar-refractivity contribution >= 4 is 23.2 Å². The fourth-order valence-corrected chi connectivity index (χ4v) is 3.54. The van der Waals surface area contributed by atoms with Crippen LogP contribution in [-0.2, 0) is 9.59 Å². The van der Waals surface area contributed by atoms with E-state index in [-0.39, 0.29) is 24.4 Å². The van der Waals surface area contributed by atoms with Gasteiger partial charge in [-0.3, -0.25) is 19.8 Å². The van der Waals surface area contributed by atoms with Crippen molar-refractivity contribution in [1.29, 1.82) is 0 Å². The fourth-order valence-electron chi connectivity index (χ4n) is 3.54. The lowest BCUT2D eigenvalue weighted by atomic mass is 10.1. The minimum atomic E-state index is -0.485. The molecule has 7 nitrogen and oxygen atoms in total. The van der Waals surface area contributed by atoms with Gasteiger partial charge in [-0.25, -0.2) is 0 Å². The van der Waals surface area contributed by atoms with Crippen LogP contribution >= 0.6 is 0 Å². The Morgan fingerprint density at radius 2 is 1.80 bits per heavy atom. The highest BCUT2D eigenvalue weighted by molar-refractivity contribution is 6.11. The summed E-state index contributed by atoms with van der Waals surface area (Å²) in [6, 6.07) is 12.5. The molecule has 2 amide bonds. The molecule has 0 unspecified atom stereocenters. The molecule has 160 valence electrons. The van der Waals surface area contributed by atoms with Crippen LogP contribution in [0.4, 0.5) is 11.4 Å². The van der Waals surface area contributed by atoms with Gasteiger partial charge in [0, 0.05) is 6.04 Å². The number of carbonyl (C=O) groups excluding carboxylic acids is 2. The average molecular weight is 412 g/mol. The summed E-state index contributed by atoms with van der Waals surface area (Å²) in [6.45, 7) is 8.77. The van der Waals surface area contributed by atoms with Gasteiger partial charge in [0.15, 0.2) is 11.5 Å². The van der Waals surface area contributed by atoms with Crippen molar-refractivity contribution in [3.8, 4) is 11.5 Å². The Morgan fingerprint density at radius 1 is 1.10 bits per heavy atom. The number of amides is 2. The van der Waals surface area contributed by atoms with Crippen molar-refractivity contribution in [3.05, 3.63) is 48.0 Å². The fraction of sp³-hybridized carbons (Fsp3) is 0.391. The van der Waals surface area contributed by atoms with Gasteiger partial charge in [-0.15, -0.1) is 0 Å². The number of benzene rings is 2. The number of para-hydroxylation sites is 2. The second kappa shape index (κ2) is 9.63. The molecule has 0 radical (unpaired) electrons. The van der Waals surface area contributed by atoms with Crippen molar-refractivity contribution in [1.82, 2.24) is 5.32 Å². The van der Waals surface area contributed by atoms with Crippen molar-refractivity contribution in [2.75, 3.05) is 30.0 Å². The van der Waals surface area contributed by atoms with E-state index in [9.17, 15) is 9.59 Å². The molecular weight excluding hydrogens is 382 g/mol. The first-order chi connectivity index (χ1) is 14.4. The third kappa shape index (κ3) is 4.74. The monoisotopic (exact) mass is 411 g/mol. The summed E-state index contributed by atoms with van der Waals surface area (Å²) in [5.41, 5.74) is 2.34. The van der Waals surface area contributed by atoms with E-state index in [2.05, 4.69) is 10.6 Å². The molecule has 2 aromatic rings. The number of nitrogens with zero attached hydrogens (tertiary/aromatic N) is 1. The molecule has 0 fully saturated rings. The van der Waals surface area contributed by atoms with Crippen molar-refractivity contribution < 1.29 is 19.1 Å². The molecule has 0 saturated heterocycles. The zero-order chi connectivity index (χ0) is 21.7. The quantitative estimate of drug-likeness (QED) is 0.695. The molecule has 2 N–H and O–H groups in total. The zero-order valence-corrected chi connectivity index (χ0v) is 17.9. The van der Waals surface area contributed by atoms with E-state index in [4.69, 9.17) is 9.47 Å². The predicted molar refractivity (Wildman–Crippen MR) is 117 cm³/mol. The van der Waals surface area contributed by atoms with Crippen molar-refractivity contribution in [2.24, 2.45) is 0 Å². The van der Waals surface area contributed by atoms with E-state index in [0.29, 0.717) is 36.1 Å². The number of carbonyl (C=O) groups is 2. The van der Waals surface area contributed by atoms with E-state index >= 15 is 0 Å². The molecule has 0 saturated carbocycles. The largest absolute Gasteiger partial charge is 0.490 e. The van der Waals surface area contributed by atoms with E-state index in [0.717, 1.165) is 5.56 Å². The van der Waals surface area contributed by atoms with Gasteiger partial charge in [0.2, 0.25) is 11.8 Å².